The summed E-state index contributed by atoms with van der Waals surface area (Å²) in [5.74, 6) is 1.57. The van der Waals surface area contributed by atoms with Gasteiger partial charge in [-0.05, 0) is 6.42 Å². The zero-order valence-electron chi connectivity index (χ0n) is 13.2. The molecule has 2 aromatic heterocycles. The summed E-state index contributed by atoms with van der Waals surface area (Å²) in [5.41, 5.74) is 0. The Bertz CT molecular complexity index is 625. The molecule has 1 N–H and O–H groups in total. The highest BCUT2D eigenvalue weighted by atomic mass is 16.5. The summed E-state index contributed by atoms with van der Waals surface area (Å²) in [6.45, 7) is 4.20. The van der Waals surface area contributed by atoms with E-state index in [4.69, 9.17) is 4.74 Å². The van der Waals surface area contributed by atoms with Crippen molar-refractivity contribution in [1.82, 2.24) is 35.1 Å². The lowest BCUT2D eigenvalue weighted by Gasteiger charge is -2.31. The van der Waals surface area contributed by atoms with Gasteiger partial charge < -0.3 is 9.64 Å². The standard InChI is InChI=1S/C14H21N7O2/c1-2-3-12-16-14(18-17-12)11-10-20(8-9-23-11)13(22)4-6-21-7-5-15-19-21/h5,7,11H,2-4,6,8-10H2,1H3,(H,16,17,18)/t11-/m0/s1. The minimum atomic E-state index is -0.263. The van der Waals surface area contributed by atoms with Crippen LogP contribution in [-0.4, -0.2) is 60.7 Å². The van der Waals surface area contributed by atoms with Gasteiger partial charge in [0.05, 0.1) is 25.9 Å². The maximum Gasteiger partial charge on any atom is 0.224 e. The zero-order valence-corrected chi connectivity index (χ0v) is 13.2. The van der Waals surface area contributed by atoms with Crippen LogP contribution in [0.3, 0.4) is 0 Å². The van der Waals surface area contributed by atoms with Gasteiger partial charge >= 0.3 is 0 Å². The van der Waals surface area contributed by atoms with E-state index >= 15 is 0 Å². The average molecular weight is 319 g/mol. The Balaban J connectivity index is 1.55. The number of morpholine rings is 1. The molecular weight excluding hydrogens is 298 g/mol. The molecule has 9 nitrogen and oxygen atoms in total. The molecule has 1 amide bonds. The van der Waals surface area contributed by atoms with Crippen LogP contribution in [0.1, 0.15) is 37.5 Å². The van der Waals surface area contributed by atoms with Crippen LogP contribution in [0.25, 0.3) is 0 Å². The summed E-state index contributed by atoms with van der Waals surface area (Å²) >= 11 is 0. The lowest BCUT2D eigenvalue weighted by molar-refractivity contribution is -0.139. The normalized spacial score (nSPS) is 18.3. The SMILES string of the molecule is CCCc1nc([C@@H]2CN(C(=O)CCn3ccnn3)CCO2)n[nH]1. The fraction of sp³-hybridized carbons (Fsp3) is 0.643. The smallest absolute Gasteiger partial charge is 0.224 e. The van der Waals surface area contributed by atoms with Crippen LogP contribution in [0.5, 0.6) is 0 Å². The number of aromatic amines is 1. The van der Waals surface area contributed by atoms with Crippen molar-refractivity contribution in [2.45, 2.75) is 38.8 Å². The molecule has 3 heterocycles. The van der Waals surface area contributed by atoms with E-state index in [0.717, 1.165) is 18.7 Å². The third kappa shape index (κ3) is 3.92. The number of ether oxygens (including phenoxy) is 1. The van der Waals surface area contributed by atoms with Crippen LogP contribution < -0.4 is 0 Å². The van der Waals surface area contributed by atoms with E-state index in [1.165, 1.54) is 0 Å². The Hall–Kier alpha value is -2.29. The largest absolute Gasteiger partial charge is 0.366 e. The van der Waals surface area contributed by atoms with Crippen LogP contribution in [0, 0.1) is 0 Å². The molecule has 1 aliphatic heterocycles. The molecule has 0 spiro atoms. The van der Waals surface area contributed by atoms with E-state index in [1.54, 1.807) is 22.0 Å². The molecule has 1 aliphatic rings. The van der Waals surface area contributed by atoms with Gasteiger partial charge in [0.1, 0.15) is 11.9 Å². The molecule has 3 rings (SSSR count). The van der Waals surface area contributed by atoms with Gasteiger partial charge in [0, 0.05) is 25.6 Å². The number of nitrogens with zero attached hydrogens (tertiary/aromatic N) is 6. The minimum absolute atomic E-state index is 0.0816. The highest BCUT2D eigenvalue weighted by Crippen LogP contribution is 2.19. The number of rotatable bonds is 6. The number of aromatic nitrogens is 6. The molecule has 0 saturated carbocycles. The van der Waals surface area contributed by atoms with E-state index < -0.39 is 0 Å². The van der Waals surface area contributed by atoms with E-state index in [-0.39, 0.29) is 12.0 Å². The van der Waals surface area contributed by atoms with Gasteiger partial charge in [-0.25, -0.2) is 4.98 Å². The maximum atomic E-state index is 12.3. The van der Waals surface area contributed by atoms with E-state index in [9.17, 15) is 4.79 Å². The molecule has 0 bridgehead atoms. The van der Waals surface area contributed by atoms with Crippen LogP contribution in [-0.2, 0) is 22.5 Å². The highest BCUT2D eigenvalue weighted by molar-refractivity contribution is 5.76. The van der Waals surface area contributed by atoms with Crippen LogP contribution in [0.4, 0.5) is 0 Å². The van der Waals surface area contributed by atoms with Gasteiger partial charge in [-0.15, -0.1) is 5.10 Å². The van der Waals surface area contributed by atoms with Gasteiger partial charge in [0.15, 0.2) is 5.82 Å². The fourth-order valence-corrected chi connectivity index (χ4v) is 2.55. The van der Waals surface area contributed by atoms with Crippen molar-refractivity contribution in [3.63, 3.8) is 0 Å². The number of carbonyl (C=O) groups is 1. The second-order valence-electron chi connectivity index (χ2n) is 5.51. The molecule has 0 aliphatic carbocycles. The lowest BCUT2D eigenvalue weighted by atomic mass is 10.2. The Morgan fingerprint density at radius 2 is 2.43 bits per heavy atom. The van der Waals surface area contributed by atoms with Crippen LogP contribution in [0.15, 0.2) is 12.4 Å². The molecule has 1 atom stereocenters. The number of hydrogen-bond donors (Lipinski definition) is 1. The molecule has 0 aromatic carbocycles. The predicted molar refractivity (Wildman–Crippen MR) is 80.3 cm³/mol. The van der Waals surface area contributed by atoms with Gasteiger partial charge in [0.25, 0.3) is 0 Å². The van der Waals surface area contributed by atoms with Crippen molar-refractivity contribution in [2.75, 3.05) is 19.7 Å². The maximum absolute atomic E-state index is 12.3. The molecule has 0 unspecified atom stereocenters. The Morgan fingerprint density at radius 1 is 1.52 bits per heavy atom. The van der Waals surface area contributed by atoms with Crippen LogP contribution in [0.2, 0.25) is 0 Å². The molecule has 1 fully saturated rings. The lowest BCUT2D eigenvalue weighted by Crippen LogP contribution is -2.42. The van der Waals surface area contributed by atoms with Crippen molar-refractivity contribution < 1.29 is 9.53 Å². The molecule has 124 valence electrons. The molecule has 1 saturated heterocycles. The number of hydrogen-bond acceptors (Lipinski definition) is 6. The summed E-state index contributed by atoms with van der Waals surface area (Å²) in [6, 6.07) is 0. The Kier molecular flexibility index (Phi) is 4.96. The average Bonchev–Trinajstić information content (AvgIpc) is 3.25. The van der Waals surface area contributed by atoms with Crippen LogP contribution >= 0.6 is 0 Å². The summed E-state index contributed by atoms with van der Waals surface area (Å²) in [4.78, 5) is 18.6. The quantitative estimate of drug-likeness (QED) is 0.824. The molecule has 0 radical (unpaired) electrons. The highest BCUT2D eigenvalue weighted by Gasteiger charge is 2.27. The first-order valence-corrected chi connectivity index (χ1v) is 7.91. The predicted octanol–water partition coefficient (Wildman–Crippen LogP) is 0.339. The van der Waals surface area contributed by atoms with E-state index in [1.807, 2.05) is 0 Å². The van der Waals surface area contributed by atoms with Crippen molar-refractivity contribution in [1.29, 1.82) is 0 Å². The van der Waals surface area contributed by atoms with Crippen molar-refractivity contribution >= 4 is 5.91 Å². The molecule has 2 aromatic rings. The summed E-state index contributed by atoms with van der Waals surface area (Å²) in [7, 11) is 0. The van der Waals surface area contributed by atoms with Crippen molar-refractivity contribution in [3.8, 4) is 0 Å². The molecule has 23 heavy (non-hydrogen) atoms. The second-order valence-corrected chi connectivity index (χ2v) is 5.51. The number of carbonyl (C=O) groups excluding carboxylic acids is 1. The third-order valence-electron chi connectivity index (χ3n) is 3.77. The van der Waals surface area contributed by atoms with Crippen molar-refractivity contribution in [2.24, 2.45) is 0 Å². The first kappa shape index (κ1) is 15.6. The van der Waals surface area contributed by atoms with Gasteiger partial charge in [-0.3, -0.25) is 14.6 Å². The Labute approximate surface area is 134 Å². The summed E-state index contributed by atoms with van der Waals surface area (Å²) in [5, 5.41) is 14.7. The summed E-state index contributed by atoms with van der Waals surface area (Å²) < 4.78 is 7.37. The Morgan fingerprint density at radius 3 is 3.22 bits per heavy atom. The van der Waals surface area contributed by atoms with E-state index in [0.29, 0.717) is 38.5 Å². The summed E-state index contributed by atoms with van der Waals surface area (Å²) in [6.07, 6.45) is 5.35. The third-order valence-corrected chi connectivity index (χ3v) is 3.77. The fourth-order valence-electron chi connectivity index (χ4n) is 2.55. The number of amides is 1. The van der Waals surface area contributed by atoms with Gasteiger partial charge in [0.2, 0.25) is 5.91 Å². The van der Waals surface area contributed by atoms with Gasteiger partial charge in [-0.2, -0.15) is 5.10 Å². The zero-order chi connectivity index (χ0) is 16.1. The first-order valence-electron chi connectivity index (χ1n) is 7.91. The minimum Gasteiger partial charge on any atom is -0.366 e. The van der Waals surface area contributed by atoms with Crippen molar-refractivity contribution in [3.05, 3.63) is 24.0 Å². The number of nitrogens with one attached hydrogen (secondary N) is 1. The monoisotopic (exact) mass is 319 g/mol. The molecular formula is C14H21N7O2. The topological polar surface area (TPSA) is 102 Å². The molecule has 9 heteroatoms. The first-order chi connectivity index (χ1) is 11.3. The number of H-pyrrole nitrogens is 1. The van der Waals surface area contributed by atoms with Gasteiger partial charge in [-0.1, -0.05) is 12.1 Å². The second kappa shape index (κ2) is 7.32. The number of aryl methyl sites for hydroxylation is 2. The van der Waals surface area contributed by atoms with E-state index in [2.05, 4.69) is 32.4 Å².